The quantitative estimate of drug-likeness (QED) is 0.892. The zero-order valence-corrected chi connectivity index (χ0v) is 14.6. The molecule has 2 N–H and O–H groups in total. The van der Waals surface area contributed by atoms with E-state index in [9.17, 15) is 5.11 Å². The number of nitrogens with one attached hydrogen (secondary N) is 1. The van der Waals surface area contributed by atoms with E-state index in [1.54, 1.807) is 18.3 Å². The molecule has 0 spiro atoms. The van der Waals surface area contributed by atoms with Gasteiger partial charge in [-0.05, 0) is 49.6 Å². The third-order valence-corrected chi connectivity index (χ3v) is 4.38. The number of pyridine rings is 1. The Morgan fingerprint density at radius 1 is 1.36 bits per heavy atom. The number of nitriles is 1. The first kappa shape index (κ1) is 17.0. The molecule has 0 saturated carbocycles. The lowest BCUT2D eigenvalue weighted by Gasteiger charge is -2.29. The van der Waals surface area contributed by atoms with Crippen LogP contribution in [-0.4, -0.2) is 16.7 Å². The summed E-state index contributed by atoms with van der Waals surface area (Å²) >= 11 is 0. The first-order valence-electron chi connectivity index (χ1n) is 8.30. The molecule has 0 aliphatic carbocycles. The number of hydrogen-bond acceptors (Lipinski definition) is 5. The molecule has 1 unspecified atom stereocenters. The zero-order valence-electron chi connectivity index (χ0n) is 14.6. The topological polar surface area (TPSA) is 78.2 Å². The lowest BCUT2D eigenvalue weighted by Crippen LogP contribution is -2.17. The van der Waals surface area contributed by atoms with Crippen molar-refractivity contribution in [1.29, 1.82) is 5.26 Å². The van der Waals surface area contributed by atoms with Crippen LogP contribution in [0.15, 0.2) is 36.2 Å². The average molecular weight is 335 g/mol. The minimum absolute atomic E-state index is 0.0971. The maximum Gasteiger partial charge on any atom is 0.219 e. The van der Waals surface area contributed by atoms with Gasteiger partial charge in [0.15, 0.2) is 0 Å². The molecule has 1 aromatic carbocycles. The molecule has 0 fully saturated rings. The van der Waals surface area contributed by atoms with Crippen molar-refractivity contribution in [2.45, 2.75) is 33.3 Å². The third kappa shape index (κ3) is 3.09. The minimum Gasteiger partial charge on any atom is -0.478 e. The number of rotatable bonds is 4. The molecule has 0 bridgehead atoms. The molecule has 2 aromatic rings. The number of aromatic nitrogens is 1. The Bertz CT molecular complexity index is 881. The van der Waals surface area contributed by atoms with Crippen LogP contribution in [0.3, 0.4) is 0 Å². The Balaban J connectivity index is 2.23. The van der Waals surface area contributed by atoms with Crippen LogP contribution in [0, 0.1) is 18.3 Å². The van der Waals surface area contributed by atoms with Crippen molar-refractivity contribution in [3.05, 3.63) is 64.0 Å². The van der Waals surface area contributed by atoms with E-state index in [0.717, 1.165) is 33.6 Å². The number of ether oxygens (including phenoxy) is 1. The van der Waals surface area contributed by atoms with Gasteiger partial charge < -0.3 is 15.2 Å². The first-order chi connectivity index (χ1) is 12.1. The average Bonchev–Trinajstić information content (AvgIpc) is 2.63. The molecule has 1 aliphatic heterocycles. The molecule has 5 nitrogen and oxygen atoms in total. The van der Waals surface area contributed by atoms with Gasteiger partial charge in [-0.25, -0.2) is 4.98 Å². The third-order valence-electron chi connectivity index (χ3n) is 4.38. The summed E-state index contributed by atoms with van der Waals surface area (Å²) in [7, 11) is 0. The standard InChI is InChI=1S/C20H21N3O2/c1-4-25-20-18-17(7-13(3)23-19(18)12(2)10-22-20)16-6-5-14(9-21)8-15(16)11-24/h5-8,10,17,23-24H,4,11H2,1-3H3. The Kier molecular flexibility index (Phi) is 4.73. The molecule has 1 aromatic heterocycles. The van der Waals surface area contributed by atoms with Crippen molar-refractivity contribution >= 4 is 5.69 Å². The summed E-state index contributed by atoms with van der Waals surface area (Å²) in [6, 6.07) is 7.55. The Hall–Kier alpha value is -2.84. The van der Waals surface area contributed by atoms with E-state index in [2.05, 4.69) is 22.4 Å². The molecular weight excluding hydrogens is 314 g/mol. The Morgan fingerprint density at radius 3 is 2.84 bits per heavy atom. The summed E-state index contributed by atoms with van der Waals surface area (Å²) in [6.45, 7) is 6.36. The number of anilines is 1. The van der Waals surface area contributed by atoms with Gasteiger partial charge in [0.1, 0.15) is 0 Å². The van der Waals surface area contributed by atoms with Crippen molar-refractivity contribution < 1.29 is 9.84 Å². The van der Waals surface area contributed by atoms with Gasteiger partial charge in [-0.1, -0.05) is 12.1 Å². The number of benzene rings is 1. The number of fused-ring (bicyclic) bond motifs is 1. The van der Waals surface area contributed by atoms with E-state index in [1.807, 2.05) is 26.8 Å². The highest BCUT2D eigenvalue weighted by Gasteiger charge is 2.28. The lowest BCUT2D eigenvalue weighted by molar-refractivity contribution is 0.280. The van der Waals surface area contributed by atoms with Crippen LogP contribution in [0.2, 0.25) is 0 Å². The van der Waals surface area contributed by atoms with Gasteiger partial charge >= 0.3 is 0 Å². The summed E-state index contributed by atoms with van der Waals surface area (Å²) in [4.78, 5) is 4.46. The first-order valence-corrected chi connectivity index (χ1v) is 8.30. The molecule has 5 heteroatoms. The van der Waals surface area contributed by atoms with Crippen LogP contribution < -0.4 is 10.1 Å². The van der Waals surface area contributed by atoms with Crippen LogP contribution >= 0.6 is 0 Å². The predicted octanol–water partition coefficient (Wildman–Crippen LogP) is 3.61. The monoisotopic (exact) mass is 335 g/mol. The van der Waals surface area contributed by atoms with E-state index in [4.69, 9.17) is 10.00 Å². The van der Waals surface area contributed by atoms with Crippen molar-refractivity contribution in [3.63, 3.8) is 0 Å². The fourth-order valence-electron chi connectivity index (χ4n) is 3.25. The molecule has 0 amide bonds. The smallest absolute Gasteiger partial charge is 0.219 e. The van der Waals surface area contributed by atoms with Crippen LogP contribution in [0.5, 0.6) is 5.88 Å². The second kappa shape index (κ2) is 6.96. The van der Waals surface area contributed by atoms with Crippen LogP contribution in [0.25, 0.3) is 0 Å². The predicted molar refractivity (Wildman–Crippen MR) is 96.4 cm³/mol. The summed E-state index contributed by atoms with van der Waals surface area (Å²) in [5, 5.41) is 22.4. The second-order valence-electron chi connectivity index (χ2n) is 6.10. The molecule has 25 heavy (non-hydrogen) atoms. The number of aryl methyl sites for hydroxylation is 1. The van der Waals surface area contributed by atoms with Crippen molar-refractivity contribution in [3.8, 4) is 11.9 Å². The highest BCUT2D eigenvalue weighted by atomic mass is 16.5. The number of nitrogens with zero attached hydrogens (tertiary/aromatic N) is 2. The van der Waals surface area contributed by atoms with Crippen molar-refractivity contribution in [2.75, 3.05) is 11.9 Å². The van der Waals surface area contributed by atoms with Crippen LogP contribution in [-0.2, 0) is 6.61 Å². The van der Waals surface area contributed by atoms with E-state index in [0.29, 0.717) is 18.1 Å². The largest absolute Gasteiger partial charge is 0.478 e. The van der Waals surface area contributed by atoms with Crippen LogP contribution in [0.4, 0.5) is 5.69 Å². The second-order valence-corrected chi connectivity index (χ2v) is 6.10. The normalized spacial score (nSPS) is 15.6. The molecule has 128 valence electrons. The Morgan fingerprint density at radius 2 is 2.16 bits per heavy atom. The van der Waals surface area contributed by atoms with E-state index < -0.39 is 0 Å². The van der Waals surface area contributed by atoms with E-state index in [-0.39, 0.29) is 12.5 Å². The van der Waals surface area contributed by atoms with Gasteiger partial charge in [0, 0.05) is 23.4 Å². The van der Waals surface area contributed by atoms with Gasteiger partial charge in [0.05, 0.1) is 30.5 Å². The molecule has 0 radical (unpaired) electrons. The highest BCUT2D eigenvalue weighted by molar-refractivity contribution is 5.69. The number of aliphatic hydroxyl groups is 1. The fraction of sp³-hybridized carbons (Fsp3) is 0.300. The number of hydrogen-bond donors (Lipinski definition) is 2. The number of allylic oxidation sites excluding steroid dienone is 2. The maximum atomic E-state index is 9.82. The van der Waals surface area contributed by atoms with E-state index in [1.165, 1.54) is 0 Å². The van der Waals surface area contributed by atoms with E-state index >= 15 is 0 Å². The van der Waals surface area contributed by atoms with Gasteiger partial charge in [0.25, 0.3) is 0 Å². The van der Waals surface area contributed by atoms with Gasteiger partial charge in [-0.2, -0.15) is 5.26 Å². The molecule has 3 rings (SSSR count). The molecular formula is C20H21N3O2. The molecule has 0 saturated heterocycles. The van der Waals surface area contributed by atoms with Gasteiger partial charge in [0.2, 0.25) is 5.88 Å². The summed E-state index contributed by atoms with van der Waals surface area (Å²) in [5.41, 5.74) is 6.26. The lowest BCUT2D eigenvalue weighted by atomic mass is 9.84. The zero-order chi connectivity index (χ0) is 18.0. The van der Waals surface area contributed by atoms with Crippen molar-refractivity contribution in [2.24, 2.45) is 0 Å². The summed E-state index contributed by atoms with van der Waals surface area (Å²) in [6.07, 6.45) is 3.91. The Labute approximate surface area is 147 Å². The fourth-order valence-corrected chi connectivity index (χ4v) is 3.25. The van der Waals surface area contributed by atoms with Gasteiger partial charge in [-0.3, -0.25) is 0 Å². The van der Waals surface area contributed by atoms with Crippen molar-refractivity contribution in [1.82, 2.24) is 4.98 Å². The van der Waals surface area contributed by atoms with Gasteiger partial charge in [-0.15, -0.1) is 0 Å². The van der Waals surface area contributed by atoms with Crippen LogP contribution in [0.1, 0.15) is 47.6 Å². The molecule has 1 atom stereocenters. The molecule has 2 heterocycles. The number of aliphatic hydroxyl groups excluding tert-OH is 1. The minimum atomic E-state index is -0.125. The SMILES string of the molecule is CCOc1ncc(C)c2c1C(c1ccc(C#N)cc1CO)C=C(C)N2. The summed E-state index contributed by atoms with van der Waals surface area (Å²) in [5.74, 6) is 0.498. The molecule has 1 aliphatic rings. The maximum absolute atomic E-state index is 9.82. The summed E-state index contributed by atoms with van der Waals surface area (Å²) < 4.78 is 5.77. The highest BCUT2D eigenvalue weighted by Crippen LogP contribution is 2.43.